The molecule has 94 valence electrons. The van der Waals surface area contributed by atoms with E-state index in [1.807, 2.05) is 13.8 Å². The summed E-state index contributed by atoms with van der Waals surface area (Å²) in [5.41, 5.74) is 0. The van der Waals surface area contributed by atoms with E-state index in [9.17, 15) is 13.2 Å². The summed E-state index contributed by atoms with van der Waals surface area (Å²) in [7, 11) is -2.94. The predicted octanol–water partition coefficient (Wildman–Crippen LogP) is 0.216. The first-order valence-corrected chi connectivity index (χ1v) is 7.37. The summed E-state index contributed by atoms with van der Waals surface area (Å²) in [6.45, 7) is 4.51. The van der Waals surface area contributed by atoms with Crippen LogP contribution >= 0.6 is 0 Å². The zero-order valence-electron chi connectivity index (χ0n) is 9.72. The third kappa shape index (κ3) is 3.18. The summed E-state index contributed by atoms with van der Waals surface area (Å²) in [6.07, 6.45) is 0.778. The van der Waals surface area contributed by atoms with Crippen LogP contribution in [0.4, 0.5) is 0 Å². The van der Waals surface area contributed by atoms with Crippen LogP contribution < -0.4 is 0 Å². The number of hydrogen-bond acceptors (Lipinski definition) is 4. The van der Waals surface area contributed by atoms with E-state index in [1.165, 1.54) is 0 Å². The van der Waals surface area contributed by atoms with E-state index in [2.05, 4.69) is 0 Å². The fraction of sp³-hybridized carbons (Fsp3) is 0.900. The molecule has 0 aromatic rings. The second-order valence-corrected chi connectivity index (χ2v) is 6.66. The van der Waals surface area contributed by atoms with E-state index in [0.717, 1.165) is 6.42 Å². The fourth-order valence-corrected chi connectivity index (χ4v) is 3.22. The molecule has 1 fully saturated rings. The van der Waals surface area contributed by atoms with Gasteiger partial charge in [0.25, 0.3) is 0 Å². The van der Waals surface area contributed by atoms with E-state index in [-0.39, 0.29) is 17.4 Å². The maximum absolute atomic E-state index is 11.3. The van der Waals surface area contributed by atoms with Crippen molar-refractivity contribution in [1.29, 1.82) is 0 Å². The zero-order chi connectivity index (χ0) is 12.3. The Morgan fingerprint density at radius 3 is 2.25 bits per heavy atom. The number of carboxylic acid groups (broad SMARTS) is 1. The second kappa shape index (κ2) is 5.14. The van der Waals surface area contributed by atoms with Gasteiger partial charge in [0.1, 0.15) is 6.04 Å². The molecule has 0 spiro atoms. The second-order valence-electron chi connectivity index (χ2n) is 4.36. The molecule has 1 aliphatic heterocycles. The van der Waals surface area contributed by atoms with Crippen LogP contribution in [0.5, 0.6) is 0 Å². The van der Waals surface area contributed by atoms with Gasteiger partial charge in [-0.3, -0.25) is 9.69 Å². The van der Waals surface area contributed by atoms with Crippen molar-refractivity contribution in [2.75, 3.05) is 24.6 Å². The molecule has 0 bridgehead atoms. The molecular weight excluding hydrogens is 230 g/mol. The first-order valence-electron chi connectivity index (χ1n) is 5.54. The summed E-state index contributed by atoms with van der Waals surface area (Å²) >= 11 is 0. The summed E-state index contributed by atoms with van der Waals surface area (Å²) in [4.78, 5) is 12.9. The number of sulfone groups is 1. The minimum Gasteiger partial charge on any atom is -0.480 e. The molecule has 6 heteroatoms. The Morgan fingerprint density at radius 2 is 1.88 bits per heavy atom. The quantitative estimate of drug-likeness (QED) is 0.771. The highest BCUT2D eigenvalue weighted by Gasteiger charge is 2.33. The normalized spacial score (nSPS) is 24.9. The lowest BCUT2D eigenvalue weighted by molar-refractivity contribution is -0.145. The van der Waals surface area contributed by atoms with Crippen molar-refractivity contribution in [1.82, 2.24) is 4.90 Å². The highest BCUT2D eigenvalue weighted by molar-refractivity contribution is 7.91. The Morgan fingerprint density at radius 1 is 1.38 bits per heavy atom. The van der Waals surface area contributed by atoms with Crippen LogP contribution in [-0.2, 0) is 14.6 Å². The molecule has 1 N–H and O–H groups in total. The number of hydrogen-bond donors (Lipinski definition) is 1. The molecule has 1 heterocycles. The molecule has 1 saturated heterocycles. The van der Waals surface area contributed by atoms with Gasteiger partial charge >= 0.3 is 5.97 Å². The van der Waals surface area contributed by atoms with Crippen LogP contribution in [0.2, 0.25) is 0 Å². The predicted molar refractivity (Wildman–Crippen MR) is 61.1 cm³/mol. The average molecular weight is 249 g/mol. The van der Waals surface area contributed by atoms with Crippen LogP contribution in [0.1, 0.15) is 20.3 Å². The van der Waals surface area contributed by atoms with Gasteiger partial charge in [-0.25, -0.2) is 8.42 Å². The highest BCUT2D eigenvalue weighted by Crippen LogP contribution is 2.17. The molecule has 16 heavy (non-hydrogen) atoms. The highest BCUT2D eigenvalue weighted by atomic mass is 32.2. The Labute approximate surface area is 96.4 Å². The van der Waals surface area contributed by atoms with Gasteiger partial charge in [-0.05, 0) is 5.92 Å². The van der Waals surface area contributed by atoms with Crippen molar-refractivity contribution in [2.24, 2.45) is 5.92 Å². The Kier molecular flexibility index (Phi) is 4.32. The first kappa shape index (κ1) is 13.4. The van der Waals surface area contributed by atoms with Gasteiger partial charge in [0.15, 0.2) is 9.84 Å². The lowest BCUT2D eigenvalue weighted by Gasteiger charge is -2.34. The fourth-order valence-electron chi connectivity index (χ4n) is 1.99. The largest absolute Gasteiger partial charge is 0.480 e. The van der Waals surface area contributed by atoms with Gasteiger partial charge < -0.3 is 5.11 Å². The SMILES string of the molecule is CCC(C)C(C(=O)O)N1CCS(=O)(=O)CC1. The van der Waals surface area contributed by atoms with Gasteiger partial charge in [0.05, 0.1) is 11.5 Å². The number of rotatable bonds is 4. The molecule has 0 saturated carbocycles. The maximum Gasteiger partial charge on any atom is 0.321 e. The van der Waals surface area contributed by atoms with E-state index >= 15 is 0 Å². The molecule has 2 unspecified atom stereocenters. The maximum atomic E-state index is 11.3. The van der Waals surface area contributed by atoms with Gasteiger partial charge in [-0.1, -0.05) is 20.3 Å². The van der Waals surface area contributed by atoms with Gasteiger partial charge in [-0.15, -0.1) is 0 Å². The van der Waals surface area contributed by atoms with Crippen molar-refractivity contribution in [3.63, 3.8) is 0 Å². The standard InChI is InChI=1S/C10H19NO4S/c1-3-8(2)9(10(12)13)11-4-6-16(14,15)7-5-11/h8-9H,3-7H2,1-2H3,(H,12,13). The third-order valence-corrected chi connectivity index (χ3v) is 4.82. The Hall–Kier alpha value is -0.620. The lowest BCUT2D eigenvalue weighted by Crippen LogP contribution is -2.51. The summed E-state index contributed by atoms with van der Waals surface area (Å²) in [6, 6.07) is -0.555. The smallest absolute Gasteiger partial charge is 0.321 e. The van der Waals surface area contributed by atoms with Crippen molar-refractivity contribution in [3.05, 3.63) is 0 Å². The first-order chi connectivity index (χ1) is 7.37. The Balaban J connectivity index is 2.71. The van der Waals surface area contributed by atoms with Crippen LogP contribution in [0.3, 0.4) is 0 Å². The van der Waals surface area contributed by atoms with Crippen LogP contribution in [0.25, 0.3) is 0 Å². The topological polar surface area (TPSA) is 74.7 Å². The average Bonchev–Trinajstić information content (AvgIpc) is 2.20. The Bertz CT molecular complexity index is 338. The molecule has 0 radical (unpaired) electrons. The van der Waals surface area contributed by atoms with Crippen molar-refractivity contribution in [3.8, 4) is 0 Å². The summed E-state index contributed by atoms with van der Waals surface area (Å²) in [5.74, 6) is -0.660. The molecule has 0 aromatic heterocycles. The van der Waals surface area contributed by atoms with E-state index in [1.54, 1.807) is 4.90 Å². The number of carboxylic acids is 1. The van der Waals surface area contributed by atoms with E-state index in [4.69, 9.17) is 5.11 Å². The molecule has 2 atom stereocenters. The zero-order valence-corrected chi connectivity index (χ0v) is 10.5. The van der Waals surface area contributed by atoms with E-state index in [0.29, 0.717) is 13.1 Å². The van der Waals surface area contributed by atoms with Crippen LogP contribution in [-0.4, -0.2) is 55.0 Å². The summed E-state index contributed by atoms with van der Waals surface area (Å²) in [5, 5.41) is 9.17. The monoisotopic (exact) mass is 249 g/mol. The van der Waals surface area contributed by atoms with E-state index < -0.39 is 21.8 Å². The number of carbonyl (C=O) groups is 1. The summed E-state index contributed by atoms with van der Waals surface area (Å²) < 4.78 is 22.5. The minimum absolute atomic E-state index is 0.0401. The molecular formula is C10H19NO4S. The number of nitrogens with zero attached hydrogens (tertiary/aromatic N) is 1. The molecule has 1 aliphatic rings. The van der Waals surface area contributed by atoms with Crippen LogP contribution in [0, 0.1) is 5.92 Å². The lowest BCUT2D eigenvalue weighted by atomic mass is 9.97. The molecule has 5 nitrogen and oxygen atoms in total. The van der Waals surface area contributed by atoms with Crippen molar-refractivity contribution in [2.45, 2.75) is 26.3 Å². The van der Waals surface area contributed by atoms with Gasteiger partial charge in [0.2, 0.25) is 0 Å². The third-order valence-electron chi connectivity index (χ3n) is 3.21. The van der Waals surface area contributed by atoms with Gasteiger partial charge in [0, 0.05) is 13.1 Å². The van der Waals surface area contributed by atoms with Crippen LogP contribution in [0.15, 0.2) is 0 Å². The molecule has 0 aromatic carbocycles. The molecule has 1 rings (SSSR count). The molecule has 0 aliphatic carbocycles. The number of aliphatic carboxylic acids is 1. The van der Waals surface area contributed by atoms with Crippen molar-refractivity contribution >= 4 is 15.8 Å². The van der Waals surface area contributed by atoms with Gasteiger partial charge in [-0.2, -0.15) is 0 Å². The molecule has 0 amide bonds. The van der Waals surface area contributed by atoms with Crippen molar-refractivity contribution < 1.29 is 18.3 Å². The minimum atomic E-state index is -2.94.